The molecule has 0 unspecified atom stereocenters. The fourth-order valence-corrected chi connectivity index (χ4v) is 2.93. The van der Waals surface area contributed by atoms with Crippen LogP contribution in [0, 0.1) is 0 Å². The average Bonchev–Trinajstić information content (AvgIpc) is 3.05. The number of hydrogen-bond donors (Lipinski definition) is 2. The van der Waals surface area contributed by atoms with Crippen LogP contribution in [0.2, 0.25) is 0 Å². The minimum absolute atomic E-state index is 0.136. The van der Waals surface area contributed by atoms with E-state index < -0.39 is 0 Å². The van der Waals surface area contributed by atoms with Gasteiger partial charge in [0.15, 0.2) is 5.11 Å². The summed E-state index contributed by atoms with van der Waals surface area (Å²) in [5.41, 5.74) is 9.19. The van der Waals surface area contributed by atoms with Crippen LogP contribution in [0.5, 0.6) is 0 Å². The number of nitrogens with one attached hydrogen (secondary N) is 1. The highest BCUT2D eigenvalue weighted by Gasteiger charge is 2.18. The minimum Gasteiger partial charge on any atom is -0.459 e. The van der Waals surface area contributed by atoms with Gasteiger partial charge in [0.1, 0.15) is 11.5 Å². The van der Waals surface area contributed by atoms with Crippen LogP contribution in [0.15, 0.2) is 52.0 Å². The lowest BCUT2D eigenvalue weighted by Crippen LogP contribution is -2.45. The van der Waals surface area contributed by atoms with Crippen molar-refractivity contribution in [1.82, 2.24) is 15.2 Å². The molecule has 3 N–H and O–H groups in total. The van der Waals surface area contributed by atoms with E-state index in [2.05, 4.69) is 62.9 Å². The topological polar surface area (TPSA) is 70.0 Å². The first-order valence-corrected chi connectivity index (χ1v) is 8.76. The molecule has 0 atom stereocenters. The Labute approximate surface area is 153 Å². The Morgan fingerprint density at radius 3 is 2.44 bits per heavy atom. The maximum absolute atomic E-state index is 5.76. The number of furan rings is 1. The Morgan fingerprint density at radius 1 is 1.08 bits per heavy atom. The van der Waals surface area contributed by atoms with E-state index in [0.29, 0.717) is 5.76 Å². The molecule has 1 aliphatic rings. The zero-order chi connectivity index (χ0) is 17.5. The Kier molecular flexibility index (Phi) is 6.16. The van der Waals surface area contributed by atoms with Crippen molar-refractivity contribution < 1.29 is 4.42 Å². The Bertz CT molecular complexity index is 707. The summed E-state index contributed by atoms with van der Waals surface area (Å²) in [6, 6.07) is 14.5. The molecule has 25 heavy (non-hydrogen) atoms. The second kappa shape index (κ2) is 8.75. The van der Waals surface area contributed by atoms with Gasteiger partial charge in [-0.1, -0.05) is 30.3 Å². The molecule has 7 heteroatoms. The first-order valence-electron chi connectivity index (χ1n) is 8.35. The fourth-order valence-electron chi connectivity index (χ4n) is 2.88. The number of hydrogen-bond acceptors (Lipinski definition) is 5. The lowest BCUT2D eigenvalue weighted by Gasteiger charge is -2.34. The van der Waals surface area contributed by atoms with Gasteiger partial charge in [-0.05, 0) is 29.9 Å². The third-order valence-electron chi connectivity index (χ3n) is 4.14. The molecule has 0 saturated carbocycles. The average molecular weight is 357 g/mol. The molecule has 1 fully saturated rings. The van der Waals surface area contributed by atoms with Gasteiger partial charge in [-0.25, -0.2) is 0 Å². The van der Waals surface area contributed by atoms with Crippen LogP contribution in [-0.2, 0) is 13.1 Å². The molecular formula is C18H23N5OS. The number of piperazine rings is 1. The molecule has 1 aromatic heterocycles. The zero-order valence-corrected chi connectivity index (χ0v) is 14.9. The van der Waals surface area contributed by atoms with Crippen molar-refractivity contribution in [2.45, 2.75) is 13.1 Å². The van der Waals surface area contributed by atoms with Crippen LogP contribution >= 0.6 is 12.2 Å². The quantitative estimate of drug-likeness (QED) is 0.466. The van der Waals surface area contributed by atoms with E-state index in [1.165, 1.54) is 5.56 Å². The molecule has 132 valence electrons. The Balaban J connectivity index is 1.44. The van der Waals surface area contributed by atoms with E-state index in [0.717, 1.165) is 45.0 Å². The first kappa shape index (κ1) is 17.6. The van der Waals surface area contributed by atoms with Gasteiger partial charge in [-0.3, -0.25) is 15.2 Å². The molecule has 6 nitrogen and oxygen atoms in total. The Hall–Kier alpha value is -2.22. The van der Waals surface area contributed by atoms with Crippen molar-refractivity contribution in [2.75, 3.05) is 26.2 Å². The molecule has 0 amide bonds. The van der Waals surface area contributed by atoms with Gasteiger partial charge in [0.2, 0.25) is 0 Å². The maximum atomic E-state index is 5.76. The standard InChI is InChI=1S/C18H23N5OS/c19-18(25)21-20-12-16-6-7-17(24-16)14-23-10-8-22(9-11-23)13-15-4-2-1-3-5-15/h1-7,12H,8-11,13-14H2,(H3,19,21,25)/b20-12+. The summed E-state index contributed by atoms with van der Waals surface area (Å²) in [5.74, 6) is 1.62. The molecule has 0 aliphatic carbocycles. The van der Waals surface area contributed by atoms with Crippen LogP contribution < -0.4 is 11.2 Å². The number of rotatable bonds is 6. The van der Waals surface area contributed by atoms with Gasteiger partial charge in [0.05, 0.1) is 12.8 Å². The molecule has 2 aromatic rings. The predicted molar refractivity (Wildman–Crippen MR) is 103 cm³/mol. The molecule has 1 aliphatic heterocycles. The summed E-state index contributed by atoms with van der Waals surface area (Å²) < 4.78 is 5.76. The third-order valence-corrected chi connectivity index (χ3v) is 4.23. The summed E-state index contributed by atoms with van der Waals surface area (Å²) in [7, 11) is 0. The van der Waals surface area contributed by atoms with Crippen LogP contribution in [0.4, 0.5) is 0 Å². The predicted octanol–water partition coefficient (Wildman–Crippen LogP) is 1.76. The summed E-state index contributed by atoms with van der Waals surface area (Å²) in [4.78, 5) is 4.90. The molecular weight excluding hydrogens is 334 g/mol. The van der Waals surface area contributed by atoms with Crippen LogP contribution in [0.3, 0.4) is 0 Å². The first-order chi connectivity index (χ1) is 12.2. The number of nitrogens with zero attached hydrogens (tertiary/aromatic N) is 3. The molecule has 1 aromatic carbocycles. The van der Waals surface area contributed by atoms with Crippen molar-refractivity contribution in [3.8, 4) is 0 Å². The highest BCUT2D eigenvalue weighted by molar-refractivity contribution is 7.80. The number of hydrazone groups is 1. The van der Waals surface area contributed by atoms with Gasteiger partial charge >= 0.3 is 0 Å². The number of nitrogens with two attached hydrogens (primary N) is 1. The largest absolute Gasteiger partial charge is 0.459 e. The van der Waals surface area contributed by atoms with E-state index in [-0.39, 0.29) is 5.11 Å². The summed E-state index contributed by atoms with van der Waals surface area (Å²) >= 11 is 4.69. The maximum Gasteiger partial charge on any atom is 0.184 e. The fraction of sp³-hybridized carbons (Fsp3) is 0.333. The second-order valence-corrected chi connectivity index (χ2v) is 6.52. The molecule has 0 bridgehead atoms. The summed E-state index contributed by atoms with van der Waals surface area (Å²) in [5, 5.41) is 4.03. The van der Waals surface area contributed by atoms with Crippen molar-refractivity contribution in [3.63, 3.8) is 0 Å². The lowest BCUT2D eigenvalue weighted by atomic mass is 10.2. The van der Waals surface area contributed by atoms with Gasteiger partial charge in [-0.15, -0.1) is 0 Å². The third kappa shape index (κ3) is 5.67. The van der Waals surface area contributed by atoms with Gasteiger partial charge in [-0.2, -0.15) is 5.10 Å². The minimum atomic E-state index is 0.136. The van der Waals surface area contributed by atoms with Gasteiger partial charge < -0.3 is 10.2 Å². The van der Waals surface area contributed by atoms with Crippen molar-refractivity contribution >= 4 is 23.5 Å². The van der Waals surface area contributed by atoms with Crippen molar-refractivity contribution in [2.24, 2.45) is 10.8 Å². The summed E-state index contributed by atoms with van der Waals surface area (Å²) in [6.45, 7) is 6.06. The van der Waals surface area contributed by atoms with Crippen LogP contribution in [-0.4, -0.2) is 47.3 Å². The van der Waals surface area contributed by atoms with Crippen LogP contribution in [0.25, 0.3) is 0 Å². The molecule has 1 saturated heterocycles. The van der Waals surface area contributed by atoms with Crippen LogP contribution in [0.1, 0.15) is 17.1 Å². The number of thiocarbonyl (C=S) groups is 1. The van der Waals surface area contributed by atoms with Gasteiger partial charge in [0.25, 0.3) is 0 Å². The van der Waals surface area contributed by atoms with E-state index in [1.807, 2.05) is 12.1 Å². The molecule has 0 spiro atoms. The number of benzene rings is 1. The molecule has 2 heterocycles. The van der Waals surface area contributed by atoms with E-state index in [1.54, 1.807) is 6.21 Å². The normalized spacial score (nSPS) is 16.3. The van der Waals surface area contributed by atoms with E-state index in [9.17, 15) is 0 Å². The highest BCUT2D eigenvalue weighted by Crippen LogP contribution is 2.13. The smallest absolute Gasteiger partial charge is 0.184 e. The van der Waals surface area contributed by atoms with E-state index in [4.69, 9.17) is 10.2 Å². The van der Waals surface area contributed by atoms with Gasteiger partial charge in [0, 0.05) is 32.7 Å². The molecule has 0 radical (unpaired) electrons. The Morgan fingerprint density at radius 2 is 1.76 bits per heavy atom. The second-order valence-electron chi connectivity index (χ2n) is 6.08. The molecule has 3 rings (SSSR count). The lowest BCUT2D eigenvalue weighted by molar-refractivity contribution is 0.116. The highest BCUT2D eigenvalue weighted by atomic mass is 32.1. The monoisotopic (exact) mass is 357 g/mol. The zero-order valence-electron chi connectivity index (χ0n) is 14.1. The van der Waals surface area contributed by atoms with E-state index >= 15 is 0 Å². The van der Waals surface area contributed by atoms with Crippen molar-refractivity contribution in [1.29, 1.82) is 0 Å². The SMILES string of the molecule is NC(=S)N/N=C/c1ccc(CN2CCN(Cc3ccccc3)CC2)o1. The summed E-state index contributed by atoms with van der Waals surface area (Å²) in [6.07, 6.45) is 1.57. The van der Waals surface area contributed by atoms with Crippen molar-refractivity contribution in [3.05, 3.63) is 59.5 Å².